The van der Waals surface area contributed by atoms with Gasteiger partial charge in [0, 0.05) is 17.3 Å². The summed E-state index contributed by atoms with van der Waals surface area (Å²) in [5, 5.41) is 3.56. The molecule has 1 N–H and O–H groups in total. The maximum absolute atomic E-state index is 5.69. The molecule has 1 aliphatic rings. The van der Waals surface area contributed by atoms with Crippen LogP contribution in [0.1, 0.15) is 23.4 Å². The number of likely N-dealkylation sites (N-methyl/N-ethyl adjacent to an activating group) is 1. The smallest absolute Gasteiger partial charge is 0.161 e. The number of thiophene rings is 1. The van der Waals surface area contributed by atoms with Gasteiger partial charge >= 0.3 is 0 Å². The Morgan fingerprint density at radius 3 is 2.71 bits per heavy atom. The average Bonchev–Trinajstić information content (AvgIpc) is 2.91. The van der Waals surface area contributed by atoms with E-state index in [1.54, 1.807) is 11.3 Å². The van der Waals surface area contributed by atoms with Gasteiger partial charge in [-0.05, 0) is 52.3 Å². The fourth-order valence-corrected chi connectivity index (χ4v) is 4.02. The van der Waals surface area contributed by atoms with Crippen LogP contribution in [0.15, 0.2) is 34.1 Å². The zero-order valence-corrected chi connectivity index (χ0v) is 14.3. The van der Waals surface area contributed by atoms with Crippen LogP contribution in [0.4, 0.5) is 0 Å². The molecule has 21 heavy (non-hydrogen) atoms. The molecular formula is C16H18BrNO2S. The summed E-state index contributed by atoms with van der Waals surface area (Å²) in [6.07, 6.45) is 0.976. The minimum atomic E-state index is 0.288. The summed E-state index contributed by atoms with van der Waals surface area (Å²) in [6, 6.07) is 10.8. The first-order chi connectivity index (χ1) is 10.3. The van der Waals surface area contributed by atoms with E-state index in [9.17, 15) is 0 Å². The molecule has 1 atom stereocenters. The molecular weight excluding hydrogens is 350 g/mol. The van der Waals surface area contributed by atoms with Gasteiger partial charge in [0.1, 0.15) is 13.2 Å². The fourth-order valence-electron chi connectivity index (χ4n) is 2.49. The molecule has 0 saturated heterocycles. The van der Waals surface area contributed by atoms with E-state index in [4.69, 9.17) is 9.47 Å². The SMILES string of the molecule is CCNC(Cc1ccc(Br)s1)c1ccc2c(c1)OCCO2. The van der Waals surface area contributed by atoms with Crippen LogP contribution < -0.4 is 14.8 Å². The summed E-state index contributed by atoms with van der Waals surface area (Å²) in [5.74, 6) is 1.70. The lowest BCUT2D eigenvalue weighted by molar-refractivity contribution is 0.171. The molecule has 2 heterocycles. The first kappa shape index (κ1) is 14.9. The maximum Gasteiger partial charge on any atom is 0.161 e. The van der Waals surface area contributed by atoms with E-state index in [2.05, 4.69) is 52.4 Å². The molecule has 1 aliphatic heterocycles. The predicted octanol–water partition coefficient (Wildman–Crippen LogP) is 4.18. The summed E-state index contributed by atoms with van der Waals surface area (Å²) < 4.78 is 12.5. The van der Waals surface area contributed by atoms with Crippen molar-refractivity contribution in [2.75, 3.05) is 19.8 Å². The topological polar surface area (TPSA) is 30.5 Å². The highest BCUT2D eigenvalue weighted by atomic mass is 79.9. The third kappa shape index (κ3) is 3.59. The number of hydrogen-bond acceptors (Lipinski definition) is 4. The molecule has 3 rings (SSSR count). The molecule has 0 spiro atoms. The number of halogens is 1. The van der Waals surface area contributed by atoms with Gasteiger partial charge in [-0.2, -0.15) is 0 Å². The second kappa shape index (κ2) is 6.81. The number of fused-ring (bicyclic) bond motifs is 1. The van der Waals surface area contributed by atoms with Crippen LogP contribution in [0.2, 0.25) is 0 Å². The van der Waals surface area contributed by atoms with E-state index in [1.807, 2.05) is 6.07 Å². The van der Waals surface area contributed by atoms with Crippen LogP contribution in [0, 0.1) is 0 Å². The van der Waals surface area contributed by atoms with Crippen molar-refractivity contribution in [2.45, 2.75) is 19.4 Å². The predicted molar refractivity (Wildman–Crippen MR) is 89.6 cm³/mol. The van der Waals surface area contributed by atoms with E-state index in [1.165, 1.54) is 14.2 Å². The second-order valence-corrected chi connectivity index (χ2v) is 7.47. The van der Waals surface area contributed by atoms with Crippen molar-refractivity contribution in [1.82, 2.24) is 5.32 Å². The number of rotatable bonds is 5. The van der Waals surface area contributed by atoms with Crippen LogP contribution in [0.3, 0.4) is 0 Å². The quantitative estimate of drug-likeness (QED) is 0.859. The van der Waals surface area contributed by atoms with Crippen molar-refractivity contribution in [3.8, 4) is 11.5 Å². The third-order valence-corrected chi connectivity index (χ3v) is 5.10. The van der Waals surface area contributed by atoms with Crippen molar-refractivity contribution in [3.63, 3.8) is 0 Å². The standard InChI is InChI=1S/C16H18BrNO2S/c1-2-18-13(10-12-4-6-16(17)21-12)11-3-5-14-15(9-11)20-8-7-19-14/h3-6,9,13,18H,2,7-8,10H2,1H3. The minimum absolute atomic E-state index is 0.288. The zero-order valence-electron chi connectivity index (χ0n) is 11.9. The van der Waals surface area contributed by atoms with Gasteiger partial charge in [-0.1, -0.05) is 13.0 Å². The van der Waals surface area contributed by atoms with Crippen molar-refractivity contribution < 1.29 is 9.47 Å². The highest BCUT2D eigenvalue weighted by molar-refractivity contribution is 9.11. The molecule has 5 heteroatoms. The average molecular weight is 368 g/mol. The highest BCUT2D eigenvalue weighted by Crippen LogP contribution is 2.34. The van der Waals surface area contributed by atoms with E-state index < -0.39 is 0 Å². The minimum Gasteiger partial charge on any atom is -0.486 e. The van der Waals surface area contributed by atoms with Crippen LogP contribution in [-0.4, -0.2) is 19.8 Å². The first-order valence-corrected chi connectivity index (χ1v) is 8.74. The molecule has 0 bridgehead atoms. The number of nitrogens with one attached hydrogen (secondary N) is 1. The Hall–Kier alpha value is -1.04. The summed E-state index contributed by atoms with van der Waals surface area (Å²) in [4.78, 5) is 1.36. The lowest BCUT2D eigenvalue weighted by Gasteiger charge is -2.22. The van der Waals surface area contributed by atoms with Crippen LogP contribution >= 0.6 is 27.3 Å². The van der Waals surface area contributed by atoms with Gasteiger partial charge in [0.25, 0.3) is 0 Å². The normalized spacial score (nSPS) is 15.0. The Bertz CT molecular complexity index is 614. The third-order valence-electron chi connectivity index (χ3n) is 3.45. The van der Waals surface area contributed by atoms with E-state index in [0.29, 0.717) is 13.2 Å². The Balaban J connectivity index is 1.82. The fraction of sp³-hybridized carbons (Fsp3) is 0.375. The zero-order chi connectivity index (χ0) is 14.7. The van der Waals surface area contributed by atoms with Crippen molar-refractivity contribution in [1.29, 1.82) is 0 Å². The van der Waals surface area contributed by atoms with Gasteiger partial charge in [0.2, 0.25) is 0 Å². The van der Waals surface area contributed by atoms with Crippen LogP contribution in [0.5, 0.6) is 11.5 Å². The Morgan fingerprint density at radius 2 is 2.00 bits per heavy atom. The monoisotopic (exact) mass is 367 g/mol. The van der Waals surface area contributed by atoms with Crippen molar-refractivity contribution in [3.05, 3.63) is 44.6 Å². The molecule has 1 aromatic heterocycles. The van der Waals surface area contributed by atoms with Crippen molar-refractivity contribution in [2.24, 2.45) is 0 Å². The molecule has 1 aromatic carbocycles. The number of benzene rings is 1. The van der Waals surface area contributed by atoms with E-state index in [0.717, 1.165) is 24.5 Å². The Labute approximate surface area is 137 Å². The molecule has 0 radical (unpaired) electrons. The van der Waals surface area contributed by atoms with Crippen LogP contribution in [-0.2, 0) is 6.42 Å². The summed E-state index contributed by atoms with van der Waals surface area (Å²) >= 11 is 5.31. The highest BCUT2D eigenvalue weighted by Gasteiger charge is 2.17. The molecule has 0 amide bonds. The lowest BCUT2D eigenvalue weighted by Crippen LogP contribution is -2.23. The Morgan fingerprint density at radius 1 is 1.19 bits per heavy atom. The Kier molecular flexibility index (Phi) is 4.83. The van der Waals surface area contributed by atoms with Crippen LogP contribution in [0.25, 0.3) is 0 Å². The van der Waals surface area contributed by atoms with E-state index in [-0.39, 0.29) is 6.04 Å². The van der Waals surface area contributed by atoms with Gasteiger partial charge < -0.3 is 14.8 Å². The van der Waals surface area contributed by atoms with Crippen molar-refractivity contribution >= 4 is 27.3 Å². The lowest BCUT2D eigenvalue weighted by atomic mass is 10.0. The second-order valence-electron chi connectivity index (χ2n) is 4.92. The largest absolute Gasteiger partial charge is 0.486 e. The van der Waals surface area contributed by atoms with E-state index >= 15 is 0 Å². The summed E-state index contributed by atoms with van der Waals surface area (Å²) in [5.41, 5.74) is 1.24. The van der Waals surface area contributed by atoms with Gasteiger partial charge in [0.15, 0.2) is 11.5 Å². The molecule has 3 nitrogen and oxygen atoms in total. The molecule has 112 valence electrons. The molecule has 0 saturated carbocycles. The summed E-state index contributed by atoms with van der Waals surface area (Å²) in [7, 11) is 0. The number of hydrogen-bond donors (Lipinski definition) is 1. The molecule has 2 aromatic rings. The molecule has 1 unspecified atom stereocenters. The number of ether oxygens (including phenoxy) is 2. The maximum atomic E-state index is 5.69. The first-order valence-electron chi connectivity index (χ1n) is 7.13. The van der Waals surface area contributed by atoms with Gasteiger partial charge in [-0.3, -0.25) is 0 Å². The summed E-state index contributed by atoms with van der Waals surface area (Å²) in [6.45, 7) is 4.33. The van der Waals surface area contributed by atoms with Gasteiger partial charge in [0.05, 0.1) is 3.79 Å². The molecule has 0 fully saturated rings. The molecule has 0 aliphatic carbocycles. The van der Waals surface area contributed by atoms with Gasteiger partial charge in [-0.15, -0.1) is 11.3 Å². The van der Waals surface area contributed by atoms with Gasteiger partial charge in [-0.25, -0.2) is 0 Å².